The van der Waals surface area contributed by atoms with Gasteiger partial charge in [0.25, 0.3) is 0 Å². The predicted octanol–water partition coefficient (Wildman–Crippen LogP) is 1.85. The monoisotopic (exact) mass is 372 g/mol. The van der Waals surface area contributed by atoms with Crippen molar-refractivity contribution < 1.29 is 19.4 Å². The Morgan fingerprint density at radius 2 is 1.96 bits per heavy atom. The fraction of sp³-hybridized carbons (Fsp3) is 0.524. The molecule has 1 heterocycles. The first-order valence-electron chi connectivity index (χ1n) is 9.66. The fourth-order valence-electron chi connectivity index (χ4n) is 3.40. The Labute approximate surface area is 160 Å². The van der Waals surface area contributed by atoms with Gasteiger partial charge in [-0.15, -0.1) is 0 Å². The highest BCUT2D eigenvalue weighted by molar-refractivity contribution is 5.80. The molecule has 3 rings (SSSR count). The second-order valence-corrected chi connectivity index (χ2v) is 7.35. The number of nitrogens with one attached hydrogen (secondary N) is 2. The van der Waals surface area contributed by atoms with E-state index < -0.39 is 12.2 Å². The molecular weight excluding hydrogens is 344 g/mol. The van der Waals surface area contributed by atoms with Gasteiger partial charge in [-0.25, -0.2) is 0 Å². The third-order valence-electron chi connectivity index (χ3n) is 5.31. The van der Waals surface area contributed by atoms with Crippen molar-refractivity contribution in [1.29, 1.82) is 0 Å². The minimum absolute atomic E-state index is 0.0193. The number of ether oxygens (including phenoxy) is 1. The highest BCUT2D eigenvalue weighted by Gasteiger charge is 2.32. The summed E-state index contributed by atoms with van der Waals surface area (Å²) in [6.07, 6.45) is 5.80. The Kier molecular flexibility index (Phi) is 6.63. The molecule has 0 bridgehead atoms. The molecule has 1 saturated carbocycles. The van der Waals surface area contributed by atoms with Crippen molar-refractivity contribution in [2.75, 3.05) is 6.61 Å². The van der Waals surface area contributed by atoms with Crippen LogP contribution in [0.1, 0.15) is 44.2 Å². The Morgan fingerprint density at radius 3 is 2.59 bits per heavy atom. The molecule has 1 aliphatic carbocycles. The number of carbonyl (C=O) groups is 2. The first-order valence-corrected chi connectivity index (χ1v) is 9.66. The third kappa shape index (κ3) is 5.17. The van der Waals surface area contributed by atoms with Crippen LogP contribution >= 0.6 is 0 Å². The molecule has 2 amide bonds. The van der Waals surface area contributed by atoms with Crippen molar-refractivity contribution in [3.05, 3.63) is 48.0 Å². The Hall–Kier alpha value is -2.18. The van der Waals surface area contributed by atoms with Crippen LogP contribution in [-0.4, -0.2) is 41.8 Å². The van der Waals surface area contributed by atoms with Gasteiger partial charge < -0.3 is 20.5 Å². The van der Waals surface area contributed by atoms with Crippen LogP contribution in [0, 0.1) is 5.92 Å². The van der Waals surface area contributed by atoms with Gasteiger partial charge in [0.2, 0.25) is 11.8 Å². The number of rotatable bonds is 7. The standard InChI is InChI=1S/C21H28N2O4/c1-14(15-6-3-2-4-7-15)22-20(25)12-17-10-11-18(19(13-24)27-17)23-21(26)16-8-5-9-16/h2-4,6-7,10-11,14,16-19,24H,5,8-9,12-13H2,1H3,(H,22,25)(H,23,26)/t14-,17+,18+,19-/m0/s1. The van der Waals surface area contributed by atoms with Gasteiger partial charge in [0.15, 0.2) is 0 Å². The first kappa shape index (κ1) is 19.6. The van der Waals surface area contributed by atoms with Crippen LogP contribution in [0.2, 0.25) is 0 Å². The number of hydrogen-bond acceptors (Lipinski definition) is 4. The first-order chi connectivity index (χ1) is 13.1. The summed E-state index contributed by atoms with van der Waals surface area (Å²) in [5.74, 6) is -0.0128. The van der Waals surface area contributed by atoms with Gasteiger partial charge >= 0.3 is 0 Å². The smallest absolute Gasteiger partial charge is 0.223 e. The lowest BCUT2D eigenvalue weighted by atomic mass is 9.84. The van der Waals surface area contributed by atoms with E-state index in [9.17, 15) is 14.7 Å². The molecule has 3 N–H and O–H groups in total. The molecule has 0 spiro atoms. The van der Waals surface area contributed by atoms with Crippen LogP contribution < -0.4 is 10.6 Å². The molecule has 0 saturated heterocycles. The summed E-state index contributed by atoms with van der Waals surface area (Å²) < 4.78 is 5.83. The number of benzene rings is 1. The van der Waals surface area contributed by atoms with E-state index in [0.717, 1.165) is 24.8 Å². The van der Waals surface area contributed by atoms with Gasteiger partial charge in [0.05, 0.1) is 31.2 Å². The van der Waals surface area contributed by atoms with Crippen molar-refractivity contribution >= 4 is 11.8 Å². The maximum absolute atomic E-state index is 12.3. The van der Waals surface area contributed by atoms with Crippen molar-refractivity contribution in [3.63, 3.8) is 0 Å². The molecule has 1 aromatic rings. The van der Waals surface area contributed by atoms with Gasteiger partial charge in [-0.05, 0) is 25.3 Å². The molecule has 146 valence electrons. The molecule has 2 aliphatic rings. The fourth-order valence-corrected chi connectivity index (χ4v) is 3.40. The summed E-state index contributed by atoms with van der Waals surface area (Å²) in [6.45, 7) is 1.73. The number of aliphatic hydroxyl groups excluding tert-OH is 1. The van der Waals surface area contributed by atoms with Gasteiger partial charge in [0.1, 0.15) is 6.10 Å². The maximum atomic E-state index is 12.3. The van der Waals surface area contributed by atoms with Gasteiger partial charge in [0, 0.05) is 5.92 Å². The van der Waals surface area contributed by atoms with Crippen LogP contribution in [0.4, 0.5) is 0 Å². The average Bonchev–Trinajstić information content (AvgIpc) is 2.62. The number of carbonyl (C=O) groups excluding carboxylic acids is 2. The summed E-state index contributed by atoms with van der Waals surface area (Å²) in [7, 11) is 0. The van der Waals surface area contributed by atoms with Crippen molar-refractivity contribution in [1.82, 2.24) is 10.6 Å². The zero-order valence-electron chi connectivity index (χ0n) is 15.6. The normalized spacial score (nSPS) is 26.1. The molecule has 0 aromatic heterocycles. The Balaban J connectivity index is 1.51. The SMILES string of the molecule is C[C@H](NC(=O)C[C@H]1C=C[C@@H](NC(=O)C2CCC2)[C@H](CO)O1)c1ccccc1. The second kappa shape index (κ2) is 9.15. The molecule has 6 heteroatoms. The van der Waals surface area contributed by atoms with Crippen LogP contribution in [-0.2, 0) is 14.3 Å². The third-order valence-corrected chi connectivity index (χ3v) is 5.31. The highest BCUT2D eigenvalue weighted by Crippen LogP contribution is 2.27. The van der Waals surface area contributed by atoms with E-state index >= 15 is 0 Å². The molecule has 1 aromatic carbocycles. The van der Waals surface area contributed by atoms with E-state index in [1.54, 1.807) is 6.08 Å². The number of aliphatic hydroxyl groups is 1. The van der Waals surface area contributed by atoms with Crippen LogP contribution in [0.25, 0.3) is 0 Å². The molecule has 6 nitrogen and oxygen atoms in total. The topological polar surface area (TPSA) is 87.7 Å². The zero-order chi connectivity index (χ0) is 19.2. The average molecular weight is 372 g/mol. The van der Waals surface area contributed by atoms with E-state index in [2.05, 4.69) is 10.6 Å². The second-order valence-electron chi connectivity index (χ2n) is 7.35. The highest BCUT2D eigenvalue weighted by atomic mass is 16.5. The van der Waals surface area contributed by atoms with E-state index in [1.807, 2.05) is 43.3 Å². The summed E-state index contributed by atoms with van der Waals surface area (Å²) in [4.78, 5) is 24.5. The molecule has 1 fully saturated rings. The van der Waals surface area contributed by atoms with Crippen LogP contribution in [0.3, 0.4) is 0 Å². The van der Waals surface area contributed by atoms with Crippen molar-refractivity contribution in [3.8, 4) is 0 Å². The maximum Gasteiger partial charge on any atom is 0.223 e. The van der Waals surface area contributed by atoms with E-state index in [0.29, 0.717) is 0 Å². The zero-order valence-corrected chi connectivity index (χ0v) is 15.6. The lowest BCUT2D eigenvalue weighted by molar-refractivity contribution is -0.132. The number of hydrogen-bond donors (Lipinski definition) is 3. The summed E-state index contributed by atoms with van der Waals surface area (Å²) >= 11 is 0. The molecule has 0 radical (unpaired) electrons. The largest absolute Gasteiger partial charge is 0.394 e. The Morgan fingerprint density at radius 1 is 1.22 bits per heavy atom. The molecule has 1 aliphatic heterocycles. The van der Waals surface area contributed by atoms with Gasteiger partial charge in [-0.1, -0.05) is 48.9 Å². The lowest BCUT2D eigenvalue weighted by Crippen LogP contribution is -2.51. The van der Waals surface area contributed by atoms with Crippen molar-refractivity contribution in [2.45, 2.75) is 56.9 Å². The summed E-state index contributed by atoms with van der Waals surface area (Å²) in [5, 5.41) is 15.5. The summed E-state index contributed by atoms with van der Waals surface area (Å²) in [5.41, 5.74) is 1.04. The predicted molar refractivity (Wildman–Crippen MR) is 102 cm³/mol. The summed E-state index contributed by atoms with van der Waals surface area (Å²) in [6, 6.07) is 9.32. The van der Waals surface area contributed by atoms with Gasteiger partial charge in [-0.2, -0.15) is 0 Å². The molecular formula is C21H28N2O4. The molecule has 0 unspecified atom stereocenters. The Bertz CT molecular complexity index is 672. The quantitative estimate of drug-likeness (QED) is 0.638. The minimum Gasteiger partial charge on any atom is -0.394 e. The molecule has 27 heavy (non-hydrogen) atoms. The minimum atomic E-state index is -0.539. The van der Waals surface area contributed by atoms with E-state index in [4.69, 9.17) is 4.74 Å². The van der Waals surface area contributed by atoms with Crippen molar-refractivity contribution in [2.24, 2.45) is 5.92 Å². The molecule has 4 atom stereocenters. The lowest BCUT2D eigenvalue weighted by Gasteiger charge is -2.34. The van der Waals surface area contributed by atoms with E-state index in [1.165, 1.54) is 0 Å². The number of amides is 2. The van der Waals surface area contributed by atoms with Crippen LogP contribution in [0.15, 0.2) is 42.5 Å². The van der Waals surface area contributed by atoms with E-state index in [-0.39, 0.29) is 42.8 Å². The van der Waals surface area contributed by atoms with Crippen LogP contribution in [0.5, 0.6) is 0 Å². The van der Waals surface area contributed by atoms with Gasteiger partial charge in [-0.3, -0.25) is 9.59 Å².